The first-order chi connectivity index (χ1) is 8.77. The average molecular weight is 287 g/mol. The third-order valence-electron chi connectivity index (χ3n) is 2.70. The first-order valence-electron chi connectivity index (χ1n) is 5.79. The van der Waals surface area contributed by atoms with Crippen molar-refractivity contribution in [3.05, 3.63) is 29.3 Å². The minimum Gasteiger partial charge on any atom is -0.478 e. The largest absolute Gasteiger partial charge is 0.478 e. The van der Waals surface area contributed by atoms with Gasteiger partial charge < -0.3 is 10.2 Å². The van der Waals surface area contributed by atoms with Crippen LogP contribution in [0.25, 0.3) is 0 Å². The number of aliphatic hydroxyl groups is 1. The third kappa shape index (κ3) is 4.02. The van der Waals surface area contributed by atoms with Gasteiger partial charge in [-0.1, -0.05) is 13.0 Å². The monoisotopic (exact) mass is 287 g/mol. The van der Waals surface area contributed by atoms with Gasteiger partial charge in [-0.05, 0) is 31.0 Å². The molecule has 0 aliphatic carbocycles. The summed E-state index contributed by atoms with van der Waals surface area (Å²) in [7, 11) is -3.83. The molecule has 1 atom stereocenters. The van der Waals surface area contributed by atoms with Crippen molar-refractivity contribution in [3.8, 4) is 0 Å². The molecule has 7 heteroatoms. The van der Waals surface area contributed by atoms with Crippen molar-refractivity contribution in [2.45, 2.75) is 31.3 Å². The Balaban J connectivity index is 3.06. The van der Waals surface area contributed by atoms with E-state index in [9.17, 15) is 18.3 Å². The number of benzene rings is 1. The number of rotatable bonds is 6. The van der Waals surface area contributed by atoms with E-state index in [1.54, 1.807) is 13.8 Å². The van der Waals surface area contributed by atoms with Gasteiger partial charge in [-0.3, -0.25) is 0 Å². The van der Waals surface area contributed by atoms with Crippen molar-refractivity contribution in [2.24, 2.45) is 0 Å². The summed E-state index contributed by atoms with van der Waals surface area (Å²) in [6.07, 6.45) is -0.339. The van der Waals surface area contributed by atoms with Crippen LogP contribution in [0.1, 0.15) is 29.3 Å². The van der Waals surface area contributed by atoms with E-state index < -0.39 is 22.1 Å². The Labute approximate surface area is 112 Å². The molecule has 6 nitrogen and oxygen atoms in total. The van der Waals surface area contributed by atoms with E-state index in [2.05, 4.69) is 4.72 Å². The second-order valence-electron chi connectivity index (χ2n) is 4.20. The number of sulfonamides is 1. The van der Waals surface area contributed by atoms with Crippen molar-refractivity contribution in [1.29, 1.82) is 0 Å². The fourth-order valence-corrected chi connectivity index (χ4v) is 2.79. The number of aryl methyl sites for hydroxylation is 1. The van der Waals surface area contributed by atoms with Crippen LogP contribution in [0, 0.1) is 6.92 Å². The van der Waals surface area contributed by atoms with Crippen LogP contribution in [0.4, 0.5) is 0 Å². The lowest BCUT2D eigenvalue weighted by molar-refractivity contribution is 0.0696. The zero-order valence-corrected chi connectivity index (χ0v) is 11.6. The maximum absolute atomic E-state index is 12.0. The average Bonchev–Trinajstić information content (AvgIpc) is 2.36. The molecule has 0 saturated carbocycles. The van der Waals surface area contributed by atoms with Crippen LogP contribution < -0.4 is 4.72 Å². The Morgan fingerprint density at radius 2 is 2.05 bits per heavy atom. The fraction of sp³-hybridized carbons (Fsp3) is 0.417. The van der Waals surface area contributed by atoms with E-state index >= 15 is 0 Å². The molecule has 0 aliphatic heterocycles. The van der Waals surface area contributed by atoms with Gasteiger partial charge in [0.1, 0.15) is 0 Å². The van der Waals surface area contributed by atoms with Crippen molar-refractivity contribution < 1.29 is 23.4 Å². The first kappa shape index (κ1) is 15.6. The second-order valence-corrected chi connectivity index (χ2v) is 5.93. The standard InChI is InChI=1S/C12H17NO5S/c1-3-10(14)7-13-19(17,18)11-6-9(12(15)16)5-4-8(11)2/h4-6,10,13-14H,3,7H2,1-2H3,(H,15,16). The van der Waals surface area contributed by atoms with Crippen LogP contribution in [-0.4, -0.2) is 37.2 Å². The lowest BCUT2D eigenvalue weighted by Gasteiger charge is -2.12. The molecule has 19 heavy (non-hydrogen) atoms. The SMILES string of the molecule is CCC(O)CNS(=O)(=O)c1cc(C(=O)O)ccc1C. The van der Waals surface area contributed by atoms with Crippen LogP contribution >= 0.6 is 0 Å². The molecule has 1 aromatic carbocycles. The summed E-state index contributed by atoms with van der Waals surface area (Å²) in [5.41, 5.74) is 0.352. The minimum absolute atomic E-state index is 0.0873. The van der Waals surface area contributed by atoms with Crippen molar-refractivity contribution >= 4 is 16.0 Å². The van der Waals surface area contributed by atoms with E-state index in [0.29, 0.717) is 12.0 Å². The topological polar surface area (TPSA) is 104 Å². The zero-order valence-electron chi connectivity index (χ0n) is 10.8. The van der Waals surface area contributed by atoms with Gasteiger partial charge >= 0.3 is 5.97 Å². The number of hydrogen-bond donors (Lipinski definition) is 3. The molecule has 1 rings (SSSR count). The maximum atomic E-state index is 12.0. The molecule has 106 valence electrons. The Bertz CT molecular complexity index is 567. The first-order valence-corrected chi connectivity index (χ1v) is 7.28. The smallest absolute Gasteiger partial charge is 0.335 e. The second kappa shape index (κ2) is 6.14. The summed E-state index contributed by atoms with van der Waals surface area (Å²) >= 11 is 0. The predicted molar refractivity (Wildman–Crippen MR) is 69.6 cm³/mol. The quantitative estimate of drug-likeness (QED) is 0.716. The van der Waals surface area contributed by atoms with Crippen molar-refractivity contribution in [1.82, 2.24) is 4.72 Å². The molecule has 0 fully saturated rings. The zero-order chi connectivity index (χ0) is 14.6. The van der Waals surface area contributed by atoms with Crippen LogP contribution in [0.15, 0.2) is 23.1 Å². The number of aromatic carboxylic acids is 1. The summed E-state index contributed by atoms with van der Waals surface area (Å²) in [6, 6.07) is 3.89. The van der Waals surface area contributed by atoms with Gasteiger partial charge in [0, 0.05) is 6.54 Å². The lowest BCUT2D eigenvalue weighted by Crippen LogP contribution is -2.32. The van der Waals surface area contributed by atoms with E-state index in [4.69, 9.17) is 5.11 Å². The van der Waals surface area contributed by atoms with Crippen LogP contribution in [0.2, 0.25) is 0 Å². The van der Waals surface area contributed by atoms with Crippen molar-refractivity contribution in [3.63, 3.8) is 0 Å². The highest BCUT2D eigenvalue weighted by atomic mass is 32.2. The molecule has 0 radical (unpaired) electrons. The highest BCUT2D eigenvalue weighted by Crippen LogP contribution is 2.17. The number of carboxylic acids is 1. The number of carboxylic acid groups (broad SMARTS) is 1. The number of carbonyl (C=O) groups is 1. The summed E-state index contributed by atoms with van der Waals surface area (Å²) < 4.78 is 26.3. The Kier molecular flexibility index (Phi) is 5.04. The van der Waals surface area contributed by atoms with Crippen LogP contribution in [-0.2, 0) is 10.0 Å². The van der Waals surface area contributed by atoms with Gasteiger partial charge in [-0.25, -0.2) is 17.9 Å². The summed E-state index contributed by atoms with van der Waals surface area (Å²) in [5.74, 6) is -1.19. The Morgan fingerprint density at radius 1 is 1.42 bits per heavy atom. The van der Waals surface area contributed by atoms with Crippen molar-refractivity contribution in [2.75, 3.05) is 6.54 Å². The van der Waals surface area contributed by atoms with Gasteiger partial charge in [-0.15, -0.1) is 0 Å². The molecule has 1 unspecified atom stereocenters. The van der Waals surface area contributed by atoms with E-state index in [1.807, 2.05) is 0 Å². The minimum atomic E-state index is -3.83. The molecular formula is C12H17NO5S. The highest BCUT2D eigenvalue weighted by Gasteiger charge is 2.19. The van der Waals surface area contributed by atoms with E-state index in [0.717, 1.165) is 6.07 Å². The Morgan fingerprint density at radius 3 is 2.58 bits per heavy atom. The maximum Gasteiger partial charge on any atom is 0.335 e. The normalized spacial score (nSPS) is 13.2. The van der Waals surface area contributed by atoms with Gasteiger partial charge in [0.25, 0.3) is 0 Å². The molecule has 0 spiro atoms. The number of hydrogen-bond acceptors (Lipinski definition) is 4. The summed E-state index contributed by atoms with van der Waals surface area (Å²) in [6.45, 7) is 3.21. The summed E-state index contributed by atoms with van der Waals surface area (Å²) in [4.78, 5) is 10.8. The molecule has 3 N–H and O–H groups in total. The molecule has 0 aromatic heterocycles. The molecule has 1 aromatic rings. The van der Waals surface area contributed by atoms with E-state index in [-0.39, 0.29) is 17.0 Å². The Hall–Kier alpha value is -1.44. The highest BCUT2D eigenvalue weighted by molar-refractivity contribution is 7.89. The van der Waals surface area contributed by atoms with Crippen LogP contribution in [0.3, 0.4) is 0 Å². The molecule has 0 heterocycles. The van der Waals surface area contributed by atoms with Gasteiger partial charge in [-0.2, -0.15) is 0 Å². The molecule has 0 saturated heterocycles. The van der Waals surface area contributed by atoms with Gasteiger partial charge in [0.05, 0.1) is 16.6 Å². The molecular weight excluding hydrogens is 270 g/mol. The lowest BCUT2D eigenvalue weighted by atomic mass is 10.1. The predicted octanol–water partition coefficient (Wildman–Crippen LogP) is 0.742. The number of aliphatic hydroxyl groups excluding tert-OH is 1. The van der Waals surface area contributed by atoms with Gasteiger partial charge in [0.15, 0.2) is 0 Å². The molecule has 0 bridgehead atoms. The molecule has 0 amide bonds. The number of nitrogens with one attached hydrogen (secondary N) is 1. The molecule has 0 aliphatic rings. The fourth-order valence-electron chi connectivity index (χ4n) is 1.45. The van der Waals surface area contributed by atoms with Crippen LogP contribution in [0.5, 0.6) is 0 Å². The third-order valence-corrected chi connectivity index (χ3v) is 4.27. The van der Waals surface area contributed by atoms with Gasteiger partial charge in [0.2, 0.25) is 10.0 Å². The summed E-state index contributed by atoms with van der Waals surface area (Å²) in [5, 5.41) is 18.2. The van der Waals surface area contributed by atoms with E-state index in [1.165, 1.54) is 12.1 Å².